The van der Waals surface area contributed by atoms with Crippen LogP contribution in [0.2, 0.25) is 0 Å². The molecular weight excluding hydrogens is 237 g/mol. The first-order valence-corrected chi connectivity index (χ1v) is 4.77. The van der Waals surface area contributed by atoms with E-state index in [2.05, 4.69) is 0 Å². The number of rotatable bonds is 3. The van der Waals surface area contributed by atoms with Crippen molar-refractivity contribution in [1.29, 1.82) is 0 Å². The van der Waals surface area contributed by atoms with E-state index in [0.29, 0.717) is 6.07 Å². The molecule has 6 heteroatoms. The zero-order valence-corrected chi connectivity index (χ0v) is 8.90. The molecule has 0 bridgehead atoms. The summed E-state index contributed by atoms with van der Waals surface area (Å²) in [7, 11) is 0. The Morgan fingerprint density at radius 1 is 1.29 bits per heavy atom. The van der Waals surface area contributed by atoms with Crippen LogP contribution in [-0.4, -0.2) is 22.1 Å². The molecular formula is C11H11F3O3. The van der Waals surface area contributed by atoms with Gasteiger partial charge in [-0.3, -0.25) is 4.79 Å². The van der Waals surface area contributed by atoms with Gasteiger partial charge in [-0.2, -0.15) is 13.2 Å². The Morgan fingerprint density at radius 2 is 1.88 bits per heavy atom. The van der Waals surface area contributed by atoms with Gasteiger partial charge in [-0.1, -0.05) is 12.1 Å². The summed E-state index contributed by atoms with van der Waals surface area (Å²) in [6, 6.07) is 3.87. The van der Waals surface area contributed by atoms with E-state index in [0.717, 1.165) is 19.1 Å². The Kier molecular flexibility index (Phi) is 3.90. The molecule has 1 aromatic rings. The second kappa shape index (κ2) is 4.85. The van der Waals surface area contributed by atoms with Crippen LogP contribution in [0.4, 0.5) is 13.2 Å². The smallest absolute Gasteiger partial charge is 0.385 e. The lowest BCUT2D eigenvalue weighted by atomic mass is 10.00. The van der Waals surface area contributed by atoms with Crippen LogP contribution in [0.3, 0.4) is 0 Å². The molecule has 0 fully saturated rings. The van der Waals surface area contributed by atoms with E-state index in [9.17, 15) is 28.2 Å². The van der Waals surface area contributed by atoms with Crippen LogP contribution < -0.4 is 0 Å². The van der Waals surface area contributed by atoms with Crippen molar-refractivity contribution < 1.29 is 28.2 Å². The molecule has 0 amide bonds. The highest BCUT2D eigenvalue weighted by Crippen LogP contribution is 2.31. The second-order valence-electron chi connectivity index (χ2n) is 3.62. The highest BCUT2D eigenvalue weighted by Gasteiger charge is 2.32. The number of ketones is 1. The minimum absolute atomic E-state index is 0.150. The fourth-order valence-corrected chi connectivity index (χ4v) is 1.30. The second-order valence-corrected chi connectivity index (χ2v) is 3.62. The summed E-state index contributed by atoms with van der Waals surface area (Å²) in [4.78, 5) is 10.8. The summed E-state index contributed by atoms with van der Waals surface area (Å²) in [6.45, 7) is 1.04. The molecule has 1 rings (SSSR count). The third kappa shape index (κ3) is 3.28. The van der Waals surface area contributed by atoms with Crippen LogP contribution in [0.1, 0.15) is 24.2 Å². The average Bonchev–Trinajstić information content (AvgIpc) is 2.26. The topological polar surface area (TPSA) is 57.5 Å². The SMILES string of the molecule is CC(=O)C(O)C(O)c1cccc(C(F)(F)F)c1. The van der Waals surface area contributed by atoms with Gasteiger partial charge in [0.05, 0.1) is 5.56 Å². The van der Waals surface area contributed by atoms with E-state index in [4.69, 9.17) is 0 Å². The number of aliphatic hydroxyl groups is 2. The quantitative estimate of drug-likeness (QED) is 0.855. The van der Waals surface area contributed by atoms with Gasteiger partial charge >= 0.3 is 6.18 Å². The van der Waals surface area contributed by atoms with Crippen LogP contribution in [0.15, 0.2) is 24.3 Å². The predicted octanol–water partition coefficient (Wildman–Crippen LogP) is 1.69. The van der Waals surface area contributed by atoms with Crippen LogP contribution in [-0.2, 0) is 11.0 Å². The molecule has 0 saturated heterocycles. The van der Waals surface area contributed by atoms with Gasteiger partial charge in [0.15, 0.2) is 5.78 Å². The molecule has 3 nitrogen and oxygen atoms in total. The normalized spacial score (nSPS) is 15.4. The molecule has 1 aromatic carbocycles. The molecule has 0 aliphatic heterocycles. The number of Topliss-reactive ketones (excluding diaryl/α,β-unsaturated/α-hetero) is 1. The Balaban J connectivity index is 3.04. The van der Waals surface area contributed by atoms with Crippen LogP contribution in [0.5, 0.6) is 0 Å². The van der Waals surface area contributed by atoms with Crippen molar-refractivity contribution in [1.82, 2.24) is 0 Å². The van der Waals surface area contributed by atoms with Gasteiger partial charge in [-0.05, 0) is 24.6 Å². The Bertz CT molecular complexity index is 415. The van der Waals surface area contributed by atoms with Gasteiger partial charge in [0.2, 0.25) is 0 Å². The molecule has 94 valence electrons. The third-order valence-corrected chi connectivity index (χ3v) is 2.27. The van der Waals surface area contributed by atoms with Crippen molar-refractivity contribution in [2.75, 3.05) is 0 Å². The lowest BCUT2D eigenvalue weighted by Crippen LogP contribution is -2.25. The third-order valence-electron chi connectivity index (χ3n) is 2.27. The molecule has 0 aliphatic rings. The number of carbonyl (C=O) groups excluding carboxylic acids is 1. The highest BCUT2D eigenvalue weighted by atomic mass is 19.4. The van der Waals surface area contributed by atoms with E-state index in [1.165, 1.54) is 6.07 Å². The first-order valence-electron chi connectivity index (χ1n) is 4.77. The van der Waals surface area contributed by atoms with Gasteiger partial charge in [-0.15, -0.1) is 0 Å². The zero-order valence-electron chi connectivity index (χ0n) is 8.90. The van der Waals surface area contributed by atoms with E-state index < -0.39 is 29.7 Å². The molecule has 2 unspecified atom stereocenters. The summed E-state index contributed by atoms with van der Waals surface area (Å²) in [5.41, 5.74) is -1.09. The van der Waals surface area contributed by atoms with E-state index >= 15 is 0 Å². The number of benzene rings is 1. The van der Waals surface area contributed by atoms with E-state index in [1.807, 2.05) is 0 Å². The molecule has 2 atom stereocenters. The zero-order chi connectivity index (χ0) is 13.2. The average molecular weight is 248 g/mol. The predicted molar refractivity (Wildman–Crippen MR) is 53.1 cm³/mol. The van der Waals surface area contributed by atoms with Gasteiger partial charge in [-0.25, -0.2) is 0 Å². The first kappa shape index (κ1) is 13.7. The molecule has 0 aliphatic carbocycles. The van der Waals surface area contributed by atoms with Gasteiger partial charge in [0.1, 0.15) is 12.2 Å². The van der Waals surface area contributed by atoms with Crippen molar-refractivity contribution in [2.24, 2.45) is 0 Å². The lowest BCUT2D eigenvalue weighted by molar-refractivity contribution is -0.137. The molecule has 17 heavy (non-hydrogen) atoms. The fraction of sp³-hybridized carbons (Fsp3) is 0.364. The van der Waals surface area contributed by atoms with Crippen molar-refractivity contribution in [3.05, 3.63) is 35.4 Å². The van der Waals surface area contributed by atoms with E-state index in [-0.39, 0.29) is 5.56 Å². The summed E-state index contributed by atoms with van der Waals surface area (Å²) in [6.07, 6.45) is -7.91. The number of hydrogen-bond donors (Lipinski definition) is 2. The summed E-state index contributed by atoms with van der Waals surface area (Å²) < 4.78 is 37.1. The Morgan fingerprint density at radius 3 is 2.35 bits per heavy atom. The molecule has 0 aromatic heterocycles. The fourth-order valence-electron chi connectivity index (χ4n) is 1.30. The van der Waals surface area contributed by atoms with Crippen molar-refractivity contribution in [3.8, 4) is 0 Å². The molecule has 0 spiro atoms. The molecule has 0 radical (unpaired) electrons. The molecule has 2 N–H and O–H groups in total. The monoisotopic (exact) mass is 248 g/mol. The molecule has 0 saturated carbocycles. The maximum Gasteiger partial charge on any atom is 0.416 e. The van der Waals surface area contributed by atoms with Gasteiger partial charge in [0.25, 0.3) is 0 Å². The van der Waals surface area contributed by atoms with E-state index in [1.54, 1.807) is 0 Å². The summed E-state index contributed by atoms with van der Waals surface area (Å²) in [5, 5.41) is 18.8. The number of alkyl halides is 3. The van der Waals surface area contributed by atoms with Crippen molar-refractivity contribution in [3.63, 3.8) is 0 Å². The number of aliphatic hydroxyl groups excluding tert-OH is 2. The largest absolute Gasteiger partial charge is 0.416 e. The number of halogens is 3. The Labute approximate surface area is 95.5 Å². The van der Waals surface area contributed by atoms with Crippen LogP contribution in [0, 0.1) is 0 Å². The molecule has 0 heterocycles. The Hall–Kier alpha value is -1.40. The maximum atomic E-state index is 12.4. The van der Waals surface area contributed by atoms with Crippen LogP contribution in [0.25, 0.3) is 0 Å². The first-order chi connectivity index (χ1) is 7.73. The standard InChI is InChI=1S/C11H11F3O3/c1-6(15)9(16)10(17)7-3-2-4-8(5-7)11(12,13)14/h2-5,9-10,16-17H,1H3. The van der Waals surface area contributed by atoms with Gasteiger partial charge < -0.3 is 10.2 Å². The van der Waals surface area contributed by atoms with Crippen LogP contribution >= 0.6 is 0 Å². The highest BCUT2D eigenvalue weighted by molar-refractivity contribution is 5.81. The summed E-state index contributed by atoms with van der Waals surface area (Å²) in [5.74, 6) is -0.713. The lowest BCUT2D eigenvalue weighted by Gasteiger charge is -2.17. The minimum Gasteiger partial charge on any atom is -0.385 e. The maximum absolute atomic E-state index is 12.4. The van der Waals surface area contributed by atoms with Crippen molar-refractivity contribution in [2.45, 2.75) is 25.3 Å². The van der Waals surface area contributed by atoms with Crippen molar-refractivity contribution >= 4 is 5.78 Å². The van der Waals surface area contributed by atoms with Gasteiger partial charge in [0, 0.05) is 0 Å². The number of carbonyl (C=O) groups is 1. The minimum atomic E-state index is -4.53. The summed E-state index contributed by atoms with van der Waals surface area (Å²) >= 11 is 0. The number of hydrogen-bond acceptors (Lipinski definition) is 3.